The lowest BCUT2D eigenvalue weighted by Crippen LogP contribution is -2.40. The number of carbonyl (C=O) groups is 1. The summed E-state index contributed by atoms with van der Waals surface area (Å²) < 4.78 is 1.97. The number of hydrogen-bond donors (Lipinski definition) is 2. The van der Waals surface area contributed by atoms with Crippen LogP contribution in [0.4, 0.5) is 5.95 Å². The Kier molecular flexibility index (Phi) is 2.75. The van der Waals surface area contributed by atoms with E-state index >= 15 is 0 Å². The minimum Gasteiger partial charge on any atom is -0.303 e. The van der Waals surface area contributed by atoms with Gasteiger partial charge in [0.25, 0.3) is 17.4 Å². The highest BCUT2D eigenvalue weighted by atomic mass is 16.2. The molecular formula is C8H9N7O3. The van der Waals surface area contributed by atoms with Crippen molar-refractivity contribution in [2.45, 2.75) is 0 Å². The third-order valence-electron chi connectivity index (χ3n) is 2.26. The van der Waals surface area contributed by atoms with Crippen LogP contribution in [0, 0.1) is 0 Å². The van der Waals surface area contributed by atoms with E-state index in [0.717, 1.165) is 15.3 Å². The monoisotopic (exact) mass is 251 g/mol. The molecule has 0 unspecified atom stereocenters. The Morgan fingerprint density at radius 3 is 2.72 bits per heavy atom. The summed E-state index contributed by atoms with van der Waals surface area (Å²) in [5, 5.41) is 14.7. The van der Waals surface area contributed by atoms with Crippen molar-refractivity contribution in [3.8, 4) is 0 Å². The van der Waals surface area contributed by atoms with Crippen molar-refractivity contribution < 1.29 is 4.79 Å². The summed E-state index contributed by atoms with van der Waals surface area (Å²) in [6, 6.07) is 0. The molecule has 2 heterocycles. The zero-order valence-corrected chi connectivity index (χ0v) is 9.54. The molecule has 18 heavy (non-hydrogen) atoms. The van der Waals surface area contributed by atoms with Crippen LogP contribution in [0.1, 0.15) is 10.4 Å². The van der Waals surface area contributed by atoms with Gasteiger partial charge in [0.15, 0.2) is 0 Å². The van der Waals surface area contributed by atoms with Gasteiger partial charge in [-0.25, -0.2) is 4.79 Å². The maximum Gasteiger partial charge on any atom is 0.330 e. The molecule has 0 saturated heterocycles. The van der Waals surface area contributed by atoms with Gasteiger partial charge in [0.05, 0.1) is 0 Å². The van der Waals surface area contributed by atoms with E-state index in [0.29, 0.717) is 0 Å². The molecule has 0 fully saturated rings. The molecule has 0 radical (unpaired) electrons. The zero-order valence-electron chi connectivity index (χ0n) is 9.54. The van der Waals surface area contributed by atoms with Gasteiger partial charge >= 0.3 is 5.69 Å². The number of tetrazole rings is 1. The molecule has 0 aliphatic rings. The SMILES string of the molecule is Cn1cc(C(=O)Nc2nn[nH]n2)c(=O)n(C)c1=O. The molecule has 1 amide bonds. The minimum absolute atomic E-state index is 0.0593. The molecule has 2 rings (SSSR count). The van der Waals surface area contributed by atoms with Gasteiger partial charge in [0.1, 0.15) is 5.56 Å². The Morgan fingerprint density at radius 1 is 1.39 bits per heavy atom. The highest BCUT2D eigenvalue weighted by Gasteiger charge is 2.16. The predicted molar refractivity (Wildman–Crippen MR) is 59.1 cm³/mol. The highest BCUT2D eigenvalue weighted by molar-refractivity contribution is 6.02. The first-order valence-electron chi connectivity index (χ1n) is 4.82. The smallest absolute Gasteiger partial charge is 0.303 e. The molecule has 0 spiro atoms. The third kappa shape index (κ3) is 1.90. The van der Waals surface area contributed by atoms with Crippen LogP contribution in [0.5, 0.6) is 0 Å². The first-order valence-corrected chi connectivity index (χ1v) is 4.82. The molecule has 0 aliphatic carbocycles. The lowest BCUT2D eigenvalue weighted by atomic mass is 10.3. The number of hydrogen-bond acceptors (Lipinski definition) is 6. The van der Waals surface area contributed by atoms with Crippen molar-refractivity contribution in [3.63, 3.8) is 0 Å². The molecular weight excluding hydrogens is 242 g/mol. The normalized spacial score (nSPS) is 10.3. The maximum atomic E-state index is 11.8. The van der Waals surface area contributed by atoms with Gasteiger partial charge in [-0.3, -0.25) is 19.5 Å². The number of rotatable bonds is 2. The fourth-order valence-corrected chi connectivity index (χ4v) is 1.35. The first-order chi connectivity index (χ1) is 8.50. The van der Waals surface area contributed by atoms with Crippen LogP contribution in [0.2, 0.25) is 0 Å². The molecule has 2 aromatic heterocycles. The second kappa shape index (κ2) is 4.24. The second-order valence-electron chi connectivity index (χ2n) is 3.49. The zero-order chi connectivity index (χ0) is 13.3. The standard InChI is InChI=1S/C8H9N7O3/c1-14-3-4(6(17)15(2)8(14)18)5(16)9-7-10-12-13-11-7/h3H,1-2H3,(H2,9,10,11,12,13,16). The van der Waals surface area contributed by atoms with Crippen molar-refractivity contribution in [2.24, 2.45) is 14.1 Å². The number of nitrogens with one attached hydrogen (secondary N) is 2. The molecule has 10 nitrogen and oxygen atoms in total. The van der Waals surface area contributed by atoms with Crippen LogP contribution in [0.15, 0.2) is 15.8 Å². The van der Waals surface area contributed by atoms with Crippen molar-refractivity contribution in [1.29, 1.82) is 0 Å². The van der Waals surface area contributed by atoms with Gasteiger partial charge in [-0.2, -0.15) is 5.21 Å². The van der Waals surface area contributed by atoms with Gasteiger partial charge in [-0.15, -0.1) is 5.10 Å². The van der Waals surface area contributed by atoms with E-state index in [1.165, 1.54) is 14.1 Å². The summed E-state index contributed by atoms with van der Waals surface area (Å²) in [5.41, 5.74) is -1.40. The van der Waals surface area contributed by atoms with Gasteiger partial charge in [-0.05, 0) is 5.21 Å². The molecule has 0 bridgehead atoms. The molecule has 10 heteroatoms. The number of aryl methyl sites for hydroxylation is 1. The van der Waals surface area contributed by atoms with E-state index in [9.17, 15) is 14.4 Å². The Morgan fingerprint density at radius 2 is 2.11 bits per heavy atom. The van der Waals surface area contributed by atoms with Crippen molar-refractivity contribution in [1.82, 2.24) is 29.8 Å². The van der Waals surface area contributed by atoms with Crippen molar-refractivity contribution in [3.05, 3.63) is 32.6 Å². The third-order valence-corrected chi connectivity index (χ3v) is 2.26. The molecule has 2 N–H and O–H groups in total. The van der Waals surface area contributed by atoms with Crippen LogP contribution in [-0.2, 0) is 14.1 Å². The van der Waals surface area contributed by atoms with E-state index in [1.54, 1.807) is 0 Å². The van der Waals surface area contributed by atoms with E-state index in [4.69, 9.17) is 0 Å². The van der Waals surface area contributed by atoms with Crippen molar-refractivity contribution in [2.75, 3.05) is 5.32 Å². The van der Waals surface area contributed by atoms with Crippen molar-refractivity contribution >= 4 is 11.9 Å². The molecule has 0 aliphatic heterocycles. The maximum absolute atomic E-state index is 11.8. The lowest BCUT2D eigenvalue weighted by molar-refractivity contribution is 0.102. The summed E-state index contributed by atoms with van der Waals surface area (Å²) in [4.78, 5) is 35.0. The number of anilines is 1. The molecule has 0 saturated carbocycles. The quantitative estimate of drug-likeness (QED) is 0.626. The Balaban J connectivity index is 2.43. The van der Waals surface area contributed by atoms with Crippen LogP contribution >= 0.6 is 0 Å². The molecule has 0 atom stereocenters. The topological polar surface area (TPSA) is 128 Å². The van der Waals surface area contributed by atoms with E-state index in [2.05, 4.69) is 25.9 Å². The van der Waals surface area contributed by atoms with Crippen LogP contribution < -0.4 is 16.6 Å². The molecule has 94 valence electrons. The van der Waals surface area contributed by atoms with Gasteiger partial charge in [0, 0.05) is 20.3 Å². The fourth-order valence-electron chi connectivity index (χ4n) is 1.35. The Bertz CT molecular complexity index is 696. The summed E-state index contributed by atoms with van der Waals surface area (Å²) in [6.07, 6.45) is 1.15. The average Bonchev–Trinajstić information content (AvgIpc) is 2.83. The van der Waals surface area contributed by atoms with E-state index < -0.39 is 17.2 Å². The summed E-state index contributed by atoms with van der Waals surface area (Å²) in [6.45, 7) is 0. The summed E-state index contributed by atoms with van der Waals surface area (Å²) in [7, 11) is 2.72. The van der Waals surface area contributed by atoms with Crippen LogP contribution in [-0.4, -0.2) is 35.7 Å². The van der Waals surface area contributed by atoms with E-state index in [-0.39, 0.29) is 11.5 Å². The predicted octanol–water partition coefficient (Wildman–Crippen LogP) is -2.15. The first kappa shape index (κ1) is 11.7. The average molecular weight is 251 g/mol. The fraction of sp³-hybridized carbons (Fsp3) is 0.250. The van der Waals surface area contributed by atoms with E-state index in [1.807, 2.05) is 0 Å². The van der Waals surface area contributed by atoms with Gasteiger partial charge in [-0.1, -0.05) is 5.10 Å². The molecule has 0 aromatic carbocycles. The largest absolute Gasteiger partial charge is 0.330 e. The van der Waals surface area contributed by atoms with Gasteiger partial charge in [0.2, 0.25) is 0 Å². The summed E-state index contributed by atoms with van der Waals surface area (Å²) in [5.74, 6) is -0.775. The number of carbonyl (C=O) groups excluding carboxylic acids is 1. The number of amides is 1. The lowest BCUT2D eigenvalue weighted by Gasteiger charge is -2.05. The minimum atomic E-state index is -0.715. The Labute approximate surface area is 99.3 Å². The number of aromatic nitrogens is 6. The van der Waals surface area contributed by atoms with Gasteiger partial charge < -0.3 is 4.57 Å². The number of nitrogens with zero attached hydrogens (tertiary/aromatic N) is 5. The van der Waals surface area contributed by atoms with Crippen LogP contribution in [0.3, 0.4) is 0 Å². The number of aromatic amines is 1. The number of H-pyrrole nitrogens is 1. The highest BCUT2D eigenvalue weighted by Crippen LogP contribution is 1.96. The molecule has 2 aromatic rings. The summed E-state index contributed by atoms with van der Waals surface area (Å²) >= 11 is 0. The van der Waals surface area contributed by atoms with Crippen LogP contribution in [0.25, 0.3) is 0 Å². The second-order valence-corrected chi connectivity index (χ2v) is 3.49. The Hall–Kier alpha value is -2.78.